The first-order valence-electron chi connectivity index (χ1n) is 4.95. The van der Waals surface area contributed by atoms with E-state index in [9.17, 15) is 8.78 Å². The quantitative estimate of drug-likeness (QED) is 0.884. The molecule has 0 aliphatic carbocycles. The Bertz CT molecular complexity index is 533. The van der Waals surface area contributed by atoms with Crippen molar-refractivity contribution in [2.45, 2.75) is 13.0 Å². The zero-order valence-electron chi connectivity index (χ0n) is 9.01. The fraction of sp³-hybridized carbons (Fsp3) is 0.167. The van der Waals surface area contributed by atoms with Gasteiger partial charge in [0.15, 0.2) is 0 Å². The predicted octanol–water partition coefficient (Wildman–Crippen LogP) is 4.15. The van der Waals surface area contributed by atoms with E-state index in [4.69, 9.17) is 5.73 Å². The van der Waals surface area contributed by atoms with Crippen LogP contribution >= 0.6 is 27.3 Å². The minimum absolute atomic E-state index is 0.441. The number of benzene rings is 1. The summed E-state index contributed by atoms with van der Waals surface area (Å²) >= 11 is 4.92. The minimum atomic E-state index is -0.609. The summed E-state index contributed by atoms with van der Waals surface area (Å²) in [5, 5.41) is 0. The topological polar surface area (TPSA) is 26.0 Å². The number of aryl methyl sites for hydroxylation is 1. The second kappa shape index (κ2) is 4.84. The summed E-state index contributed by atoms with van der Waals surface area (Å²) < 4.78 is 27.2. The maximum Gasteiger partial charge on any atom is 0.126 e. The number of rotatable bonds is 2. The molecule has 1 atom stereocenters. The molecule has 2 N–H and O–H groups in total. The second-order valence-electron chi connectivity index (χ2n) is 3.74. The van der Waals surface area contributed by atoms with Gasteiger partial charge in [0, 0.05) is 10.9 Å². The van der Waals surface area contributed by atoms with Crippen molar-refractivity contribution in [3.8, 4) is 0 Å². The Labute approximate surface area is 110 Å². The molecule has 0 aliphatic rings. The molecule has 17 heavy (non-hydrogen) atoms. The zero-order valence-corrected chi connectivity index (χ0v) is 11.4. The molecule has 2 rings (SSSR count). The highest BCUT2D eigenvalue weighted by atomic mass is 79.9. The normalized spacial score (nSPS) is 12.8. The molecule has 1 heterocycles. The van der Waals surface area contributed by atoms with E-state index in [1.54, 1.807) is 11.3 Å². The number of thiophene rings is 1. The van der Waals surface area contributed by atoms with Crippen LogP contribution in [0.3, 0.4) is 0 Å². The van der Waals surface area contributed by atoms with Crippen molar-refractivity contribution in [1.82, 2.24) is 0 Å². The van der Waals surface area contributed by atoms with Gasteiger partial charge in [-0.2, -0.15) is 0 Å². The van der Waals surface area contributed by atoms with Crippen LogP contribution in [0.4, 0.5) is 8.78 Å². The molecule has 90 valence electrons. The van der Waals surface area contributed by atoms with Crippen LogP contribution in [-0.2, 0) is 0 Å². The highest BCUT2D eigenvalue weighted by molar-refractivity contribution is 9.11. The number of hydrogen-bond donors (Lipinski definition) is 1. The Kier molecular flexibility index (Phi) is 3.61. The van der Waals surface area contributed by atoms with Gasteiger partial charge in [-0.3, -0.25) is 0 Å². The molecule has 1 aromatic carbocycles. The molecule has 1 nitrogen and oxygen atoms in total. The van der Waals surface area contributed by atoms with Gasteiger partial charge in [-0.15, -0.1) is 11.3 Å². The van der Waals surface area contributed by atoms with Gasteiger partial charge in [-0.05, 0) is 52.2 Å². The largest absolute Gasteiger partial charge is 0.320 e. The smallest absolute Gasteiger partial charge is 0.126 e. The van der Waals surface area contributed by atoms with Crippen molar-refractivity contribution in [2.75, 3.05) is 0 Å². The van der Waals surface area contributed by atoms with Gasteiger partial charge in [-0.25, -0.2) is 8.78 Å². The third kappa shape index (κ3) is 2.73. The maximum atomic E-state index is 13.1. The molecule has 0 fully saturated rings. The Morgan fingerprint density at radius 3 is 2.24 bits per heavy atom. The molecule has 0 aliphatic heterocycles. The first kappa shape index (κ1) is 12.7. The van der Waals surface area contributed by atoms with E-state index >= 15 is 0 Å². The molecule has 0 amide bonds. The molecule has 5 heteroatoms. The molecule has 1 aromatic heterocycles. The first-order valence-corrected chi connectivity index (χ1v) is 6.55. The van der Waals surface area contributed by atoms with E-state index in [1.807, 2.05) is 13.0 Å². The van der Waals surface area contributed by atoms with Gasteiger partial charge >= 0.3 is 0 Å². The highest BCUT2D eigenvalue weighted by Gasteiger charge is 2.15. The van der Waals surface area contributed by atoms with Gasteiger partial charge in [0.1, 0.15) is 11.6 Å². The Hall–Kier alpha value is -0.780. The van der Waals surface area contributed by atoms with Crippen molar-refractivity contribution in [2.24, 2.45) is 5.73 Å². The number of halogens is 3. The summed E-state index contributed by atoms with van der Waals surface area (Å²) in [6, 6.07) is 4.74. The first-order chi connectivity index (χ1) is 7.97. The predicted molar refractivity (Wildman–Crippen MR) is 69.1 cm³/mol. The molecule has 0 saturated heterocycles. The summed E-state index contributed by atoms with van der Waals surface area (Å²) in [5.41, 5.74) is 7.34. The van der Waals surface area contributed by atoms with E-state index < -0.39 is 17.7 Å². The van der Waals surface area contributed by atoms with Gasteiger partial charge in [-0.1, -0.05) is 0 Å². The molecule has 1 unspecified atom stereocenters. The Morgan fingerprint density at radius 2 is 1.76 bits per heavy atom. The van der Waals surface area contributed by atoms with Crippen LogP contribution in [0.15, 0.2) is 28.1 Å². The van der Waals surface area contributed by atoms with Crippen molar-refractivity contribution < 1.29 is 8.78 Å². The van der Waals surface area contributed by atoms with Crippen molar-refractivity contribution in [3.05, 3.63) is 55.7 Å². The third-order valence-corrected chi connectivity index (χ3v) is 4.07. The van der Waals surface area contributed by atoms with Gasteiger partial charge in [0.25, 0.3) is 0 Å². The molecular weight excluding hydrogens is 308 g/mol. The second-order valence-corrected chi connectivity index (χ2v) is 6.38. The molecule has 0 saturated carbocycles. The lowest BCUT2D eigenvalue weighted by molar-refractivity contribution is 0.577. The van der Waals surface area contributed by atoms with Crippen LogP contribution in [0.5, 0.6) is 0 Å². The molecular formula is C12H10BrF2NS. The lowest BCUT2D eigenvalue weighted by Gasteiger charge is -2.12. The zero-order chi connectivity index (χ0) is 12.6. The Balaban J connectivity index is 2.43. The van der Waals surface area contributed by atoms with Gasteiger partial charge in [0.2, 0.25) is 0 Å². The monoisotopic (exact) mass is 317 g/mol. The molecule has 0 bridgehead atoms. The highest BCUT2D eigenvalue weighted by Crippen LogP contribution is 2.32. The summed E-state index contributed by atoms with van der Waals surface area (Å²) in [5.74, 6) is -1.22. The van der Waals surface area contributed by atoms with Crippen molar-refractivity contribution in [1.29, 1.82) is 0 Å². The number of hydrogen-bond acceptors (Lipinski definition) is 2. The summed E-state index contributed by atoms with van der Waals surface area (Å²) in [7, 11) is 0. The lowest BCUT2D eigenvalue weighted by Crippen LogP contribution is -2.12. The average molecular weight is 318 g/mol. The summed E-state index contributed by atoms with van der Waals surface area (Å²) in [4.78, 5) is 1.04. The third-order valence-electron chi connectivity index (χ3n) is 2.51. The van der Waals surface area contributed by atoms with Crippen molar-refractivity contribution >= 4 is 27.3 Å². The Morgan fingerprint density at radius 1 is 1.18 bits per heavy atom. The van der Waals surface area contributed by atoms with Crippen LogP contribution < -0.4 is 5.73 Å². The molecule has 0 radical (unpaired) electrons. The molecule has 0 spiro atoms. The van der Waals surface area contributed by atoms with Crippen LogP contribution in [0.25, 0.3) is 0 Å². The maximum absolute atomic E-state index is 13.1. The van der Waals surface area contributed by atoms with Gasteiger partial charge < -0.3 is 5.73 Å². The van der Waals surface area contributed by atoms with Crippen LogP contribution in [0.2, 0.25) is 0 Å². The number of nitrogens with two attached hydrogens (primary N) is 1. The lowest BCUT2D eigenvalue weighted by atomic mass is 10.0. The summed E-state index contributed by atoms with van der Waals surface area (Å²) in [6.07, 6.45) is 0. The van der Waals surface area contributed by atoms with E-state index in [0.717, 1.165) is 20.3 Å². The van der Waals surface area contributed by atoms with Crippen LogP contribution in [0, 0.1) is 18.6 Å². The summed E-state index contributed by atoms with van der Waals surface area (Å²) in [6.45, 7) is 1.93. The minimum Gasteiger partial charge on any atom is -0.320 e. The fourth-order valence-corrected chi connectivity index (χ4v) is 3.46. The van der Waals surface area contributed by atoms with E-state index in [-0.39, 0.29) is 0 Å². The van der Waals surface area contributed by atoms with Crippen LogP contribution in [0.1, 0.15) is 22.0 Å². The van der Waals surface area contributed by atoms with E-state index in [0.29, 0.717) is 5.56 Å². The van der Waals surface area contributed by atoms with Crippen molar-refractivity contribution in [3.63, 3.8) is 0 Å². The van der Waals surface area contributed by atoms with Crippen LogP contribution in [-0.4, -0.2) is 0 Å². The SMILES string of the molecule is Cc1sc(Br)cc1C(N)c1cc(F)cc(F)c1. The standard InChI is InChI=1S/C12H10BrF2NS/c1-6-10(5-11(13)17-6)12(16)7-2-8(14)4-9(15)3-7/h2-5,12H,16H2,1H3. The average Bonchev–Trinajstić information content (AvgIpc) is 2.55. The van der Waals surface area contributed by atoms with Gasteiger partial charge in [0.05, 0.1) is 9.83 Å². The molecule has 2 aromatic rings. The van der Waals surface area contributed by atoms with E-state index in [2.05, 4.69) is 15.9 Å². The fourth-order valence-electron chi connectivity index (χ4n) is 1.70. The van der Waals surface area contributed by atoms with E-state index in [1.165, 1.54) is 12.1 Å².